The second kappa shape index (κ2) is 3.85. The van der Waals surface area contributed by atoms with Gasteiger partial charge >= 0.3 is 0 Å². The zero-order valence-corrected chi connectivity index (χ0v) is 6.95. The van der Waals surface area contributed by atoms with Gasteiger partial charge in [-0.2, -0.15) is 17.0 Å². The van der Waals surface area contributed by atoms with Crippen molar-refractivity contribution in [3.8, 4) is 6.07 Å². The second-order valence-corrected chi connectivity index (χ2v) is 3.58. The number of nitriles is 1. The van der Waals surface area contributed by atoms with E-state index in [4.69, 9.17) is 5.26 Å². The Bertz CT molecular complexity index is 141. The Balaban J connectivity index is 2.44. The maximum absolute atomic E-state index is 8.70. The predicted octanol–water partition coefficient (Wildman–Crippen LogP) is 0.851. The van der Waals surface area contributed by atoms with E-state index in [1.807, 2.05) is 0 Å². The van der Waals surface area contributed by atoms with E-state index in [9.17, 15) is 0 Å². The van der Waals surface area contributed by atoms with Gasteiger partial charge in [0.25, 0.3) is 0 Å². The Morgan fingerprint density at radius 1 is 1.70 bits per heavy atom. The van der Waals surface area contributed by atoms with E-state index in [2.05, 4.69) is 17.6 Å². The van der Waals surface area contributed by atoms with Gasteiger partial charge in [0.1, 0.15) is 0 Å². The molecule has 0 aromatic heterocycles. The first-order chi connectivity index (χ1) is 4.88. The standard InChI is InChI=1S/C7H12N2S/c1-10-7-5-9-3-2-6(7)4-8/h6-7,9H,2-3,5H2,1H3/t6-,7-/m0/s1. The number of rotatable bonds is 1. The number of piperidine rings is 1. The molecule has 56 valence electrons. The molecule has 0 unspecified atom stereocenters. The van der Waals surface area contributed by atoms with Crippen molar-refractivity contribution in [1.82, 2.24) is 5.32 Å². The van der Waals surface area contributed by atoms with Crippen LogP contribution in [0.5, 0.6) is 0 Å². The Hall–Kier alpha value is -0.200. The molecule has 1 fully saturated rings. The summed E-state index contributed by atoms with van der Waals surface area (Å²) in [6, 6.07) is 2.34. The van der Waals surface area contributed by atoms with Crippen molar-refractivity contribution >= 4 is 11.8 Å². The lowest BCUT2D eigenvalue weighted by molar-refractivity contribution is 0.457. The van der Waals surface area contributed by atoms with Gasteiger partial charge in [0.2, 0.25) is 0 Å². The van der Waals surface area contributed by atoms with E-state index < -0.39 is 0 Å². The maximum atomic E-state index is 8.70. The number of thioether (sulfide) groups is 1. The smallest absolute Gasteiger partial charge is 0.0668 e. The summed E-state index contributed by atoms with van der Waals surface area (Å²) >= 11 is 1.79. The highest BCUT2D eigenvalue weighted by molar-refractivity contribution is 7.99. The van der Waals surface area contributed by atoms with E-state index in [-0.39, 0.29) is 5.92 Å². The summed E-state index contributed by atoms with van der Waals surface area (Å²) in [5.41, 5.74) is 0. The summed E-state index contributed by atoms with van der Waals surface area (Å²) < 4.78 is 0. The highest BCUT2D eigenvalue weighted by atomic mass is 32.2. The molecule has 1 heterocycles. The molecule has 2 atom stereocenters. The van der Waals surface area contributed by atoms with E-state index in [1.165, 1.54) is 0 Å². The molecule has 0 aromatic carbocycles. The fraction of sp³-hybridized carbons (Fsp3) is 0.857. The molecule has 1 N–H and O–H groups in total. The molecule has 0 aromatic rings. The number of nitrogens with one attached hydrogen (secondary N) is 1. The van der Waals surface area contributed by atoms with Crippen LogP contribution in [0.2, 0.25) is 0 Å². The van der Waals surface area contributed by atoms with Crippen LogP contribution in [0, 0.1) is 17.2 Å². The third kappa shape index (κ3) is 1.65. The van der Waals surface area contributed by atoms with Crippen LogP contribution < -0.4 is 5.32 Å². The van der Waals surface area contributed by atoms with Gasteiger partial charge in [0, 0.05) is 11.8 Å². The molecule has 0 radical (unpaired) electrons. The average molecular weight is 156 g/mol. The Labute approximate surface area is 66.0 Å². The van der Waals surface area contributed by atoms with Gasteiger partial charge in [-0.25, -0.2) is 0 Å². The topological polar surface area (TPSA) is 35.8 Å². The van der Waals surface area contributed by atoms with E-state index in [0.717, 1.165) is 19.5 Å². The number of hydrogen-bond acceptors (Lipinski definition) is 3. The SMILES string of the molecule is CS[C@H]1CNCC[C@H]1C#N. The molecule has 1 saturated heterocycles. The molecule has 10 heavy (non-hydrogen) atoms. The van der Waals surface area contributed by atoms with Crippen molar-refractivity contribution < 1.29 is 0 Å². The summed E-state index contributed by atoms with van der Waals surface area (Å²) in [5.74, 6) is 0.274. The summed E-state index contributed by atoms with van der Waals surface area (Å²) in [6.07, 6.45) is 3.09. The summed E-state index contributed by atoms with van der Waals surface area (Å²) in [5, 5.41) is 12.5. The molecule has 0 amide bonds. The fourth-order valence-electron chi connectivity index (χ4n) is 1.23. The molecule has 3 heteroatoms. The first-order valence-electron chi connectivity index (χ1n) is 3.51. The van der Waals surface area contributed by atoms with Crippen molar-refractivity contribution in [2.75, 3.05) is 19.3 Å². The first kappa shape index (κ1) is 7.90. The lowest BCUT2D eigenvalue weighted by Gasteiger charge is -2.25. The van der Waals surface area contributed by atoms with Gasteiger partial charge in [-0.05, 0) is 19.2 Å². The van der Waals surface area contributed by atoms with Crippen molar-refractivity contribution in [2.45, 2.75) is 11.7 Å². The highest BCUT2D eigenvalue weighted by Gasteiger charge is 2.23. The summed E-state index contributed by atoms with van der Waals surface area (Å²) in [7, 11) is 0. The zero-order chi connectivity index (χ0) is 7.40. The molecular weight excluding hydrogens is 144 g/mol. The van der Waals surface area contributed by atoms with Gasteiger partial charge < -0.3 is 5.32 Å². The van der Waals surface area contributed by atoms with Crippen LogP contribution in [0.4, 0.5) is 0 Å². The van der Waals surface area contributed by atoms with E-state index in [1.54, 1.807) is 11.8 Å². The molecule has 0 aliphatic carbocycles. The molecule has 0 bridgehead atoms. The maximum Gasteiger partial charge on any atom is 0.0668 e. The summed E-state index contributed by atoms with van der Waals surface area (Å²) in [4.78, 5) is 0. The van der Waals surface area contributed by atoms with Crippen LogP contribution in [0.3, 0.4) is 0 Å². The number of hydrogen-bond donors (Lipinski definition) is 1. The minimum atomic E-state index is 0.274. The predicted molar refractivity (Wildman–Crippen MR) is 43.9 cm³/mol. The monoisotopic (exact) mass is 156 g/mol. The minimum Gasteiger partial charge on any atom is -0.316 e. The first-order valence-corrected chi connectivity index (χ1v) is 4.80. The van der Waals surface area contributed by atoms with Crippen molar-refractivity contribution in [1.29, 1.82) is 5.26 Å². The average Bonchev–Trinajstić information content (AvgIpc) is 2.04. The molecule has 1 rings (SSSR count). The normalized spacial score (nSPS) is 33.2. The molecular formula is C7H12N2S. The molecule has 1 aliphatic rings. The van der Waals surface area contributed by atoms with Crippen molar-refractivity contribution in [3.05, 3.63) is 0 Å². The zero-order valence-electron chi connectivity index (χ0n) is 6.13. The van der Waals surface area contributed by atoms with Crippen LogP contribution in [0.1, 0.15) is 6.42 Å². The van der Waals surface area contributed by atoms with E-state index in [0.29, 0.717) is 5.25 Å². The Morgan fingerprint density at radius 3 is 3.00 bits per heavy atom. The van der Waals surface area contributed by atoms with Crippen LogP contribution in [-0.2, 0) is 0 Å². The lowest BCUT2D eigenvalue weighted by atomic mass is 10.00. The quantitative estimate of drug-likeness (QED) is 0.611. The number of nitrogens with zero attached hydrogens (tertiary/aromatic N) is 1. The third-order valence-electron chi connectivity index (χ3n) is 1.89. The minimum absolute atomic E-state index is 0.274. The largest absolute Gasteiger partial charge is 0.316 e. The lowest BCUT2D eigenvalue weighted by Crippen LogP contribution is -2.37. The van der Waals surface area contributed by atoms with Gasteiger partial charge in [-0.3, -0.25) is 0 Å². The van der Waals surface area contributed by atoms with Crippen LogP contribution in [0.25, 0.3) is 0 Å². The van der Waals surface area contributed by atoms with Gasteiger partial charge in [-0.15, -0.1) is 0 Å². The van der Waals surface area contributed by atoms with E-state index >= 15 is 0 Å². The van der Waals surface area contributed by atoms with Gasteiger partial charge in [-0.1, -0.05) is 0 Å². The third-order valence-corrected chi connectivity index (χ3v) is 3.00. The van der Waals surface area contributed by atoms with Crippen LogP contribution >= 0.6 is 11.8 Å². The molecule has 1 aliphatic heterocycles. The fourth-order valence-corrected chi connectivity index (χ4v) is 2.04. The molecule has 0 saturated carbocycles. The van der Waals surface area contributed by atoms with Crippen LogP contribution in [-0.4, -0.2) is 24.6 Å². The van der Waals surface area contributed by atoms with Gasteiger partial charge in [0.05, 0.1) is 12.0 Å². The highest BCUT2D eigenvalue weighted by Crippen LogP contribution is 2.21. The second-order valence-electron chi connectivity index (χ2n) is 2.50. The van der Waals surface area contributed by atoms with Crippen LogP contribution in [0.15, 0.2) is 0 Å². The van der Waals surface area contributed by atoms with Gasteiger partial charge in [0.15, 0.2) is 0 Å². The summed E-state index contributed by atoms with van der Waals surface area (Å²) in [6.45, 7) is 2.01. The van der Waals surface area contributed by atoms with Crippen molar-refractivity contribution in [2.24, 2.45) is 5.92 Å². The Kier molecular flexibility index (Phi) is 3.04. The Morgan fingerprint density at radius 2 is 2.50 bits per heavy atom. The molecule has 0 spiro atoms. The molecule has 2 nitrogen and oxygen atoms in total. The van der Waals surface area contributed by atoms with Crippen molar-refractivity contribution in [3.63, 3.8) is 0 Å².